The van der Waals surface area contributed by atoms with Crippen LogP contribution in [0.15, 0.2) is 0 Å². The lowest BCUT2D eigenvalue weighted by Crippen LogP contribution is -2.46. The average Bonchev–Trinajstić information content (AvgIpc) is 2.88. The van der Waals surface area contributed by atoms with Gasteiger partial charge in [0.1, 0.15) is 6.10 Å². The van der Waals surface area contributed by atoms with Crippen molar-refractivity contribution in [3.63, 3.8) is 0 Å². The molecule has 0 amide bonds. The second-order valence-corrected chi connectivity index (χ2v) is 11.7. The Hall–Kier alpha value is -1.10. The van der Waals surface area contributed by atoms with Crippen molar-refractivity contribution in [2.45, 2.75) is 168 Å². The first kappa shape index (κ1) is 33.9. The number of hydrogen-bond donors (Lipinski definition) is 1. The number of unbranched alkanes of at least 4 members (excludes halogenated alkanes) is 11. The number of carboxylic acid groups (broad SMARTS) is 1. The van der Waals surface area contributed by atoms with Crippen LogP contribution in [-0.4, -0.2) is 47.7 Å². The molecule has 1 aliphatic rings. The lowest BCUT2D eigenvalue weighted by molar-refractivity contribution is -0.149. The topological polar surface area (TPSA) is 66.8 Å². The summed E-state index contributed by atoms with van der Waals surface area (Å²) in [5.41, 5.74) is 0. The Kier molecular flexibility index (Phi) is 20.0. The van der Waals surface area contributed by atoms with Gasteiger partial charge in [0.15, 0.2) is 0 Å². The van der Waals surface area contributed by atoms with Crippen molar-refractivity contribution >= 4 is 11.9 Å². The van der Waals surface area contributed by atoms with E-state index in [0.29, 0.717) is 18.4 Å². The van der Waals surface area contributed by atoms with Crippen LogP contribution in [0.4, 0.5) is 0 Å². The van der Waals surface area contributed by atoms with E-state index in [1.807, 2.05) is 0 Å². The van der Waals surface area contributed by atoms with Gasteiger partial charge in [-0.05, 0) is 70.9 Å². The molecule has 4 unspecified atom stereocenters. The smallest absolute Gasteiger partial charge is 0.306 e. The number of nitrogens with zero attached hydrogens (tertiary/aromatic N) is 1. The SMILES string of the molecule is CCCCCCCCCC(CCCCCCC(=O)OC(CC)CCCCC)C1CC(C(=O)O)CCN1C. The van der Waals surface area contributed by atoms with Gasteiger partial charge in [-0.15, -0.1) is 0 Å². The number of esters is 1. The molecule has 1 fully saturated rings. The van der Waals surface area contributed by atoms with Crippen LogP contribution < -0.4 is 0 Å². The molecule has 5 heteroatoms. The Morgan fingerprint density at radius 1 is 0.811 bits per heavy atom. The van der Waals surface area contributed by atoms with Crippen LogP contribution in [0.25, 0.3) is 0 Å². The second-order valence-electron chi connectivity index (χ2n) is 11.7. The predicted molar refractivity (Wildman–Crippen MR) is 155 cm³/mol. The van der Waals surface area contributed by atoms with Crippen LogP contribution in [0.3, 0.4) is 0 Å². The Morgan fingerprint density at radius 2 is 1.35 bits per heavy atom. The maximum absolute atomic E-state index is 12.3. The number of likely N-dealkylation sites (tertiary alicyclic amines) is 1. The van der Waals surface area contributed by atoms with Crippen LogP contribution >= 0.6 is 0 Å². The van der Waals surface area contributed by atoms with E-state index in [2.05, 4.69) is 32.7 Å². The van der Waals surface area contributed by atoms with E-state index >= 15 is 0 Å². The van der Waals surface area contributed by atoms with Crippen molar-refractivity contribution < 1.29 is 19.4 Å². The monoisotopic (exact) mass is 523 g/mol. The normalized spacial score (nSPS) is 20.0. The minimum absolute atomic E-state index is 0.0243. The number of carbonyl (C=O) groups excluding carboxylic acids is 1. The molecule has 0 aliphatic carbocycles. The highest BCUT2D eigenvalue weighted by Crippen LogP contribution is 2.33. The minimum atomic E-state index is -0.615. The van der Waals surface area contributed by atoms with Crippen molar-refractivity contribution in [1.82, 2.24) is 4.90 Å². The molecule has 1 aliphatic heterocycles. The van der Waals surface area contributed by atoms with E-state index in [-0.39, 0.29) is 18.0 Å². The molecule has 1 N–H and O–H groups in total. The summed E-state index contributed by atoms with van der Waals surface area (Å²) in [5.74, 6) is -0.238. The van der Waals surface area contributed by atoms with Crippen LogP contribution in [0.5, 0.6) is 0 Å². The molecule has 0 spiro atoms. The van der Waals surface area contributed by atoms with Crippen LogP contribution in [-0.2, 0) is 14.3 Å². The van der Waals surface area contributed by atoms with Crippen molar-refractivity contribution in [2.75, 3.05) is 13.6 Å². The number of piperidine rings is 1. The van der Waals surface area contributed by atoms with Crippen molar-refractivity contribution in [2.24, 2.45) is 11.8 Å². The van der Waals surface area contributed by atoms with Crippen LogP contribution in [0.1, 0.15) is 156 Å². The zero-order chi connectivity index (χ0) is 27.3. The summed E-state index contributed by atoms with van der Waals surface area (Å²) in [7, 11) is 2.19. The van der Waals surface area contributed by atoms with Gasteiger partial charge < -0.3 is 14.7 Å². The van der Waals surface area contributed by atoms with Gasteiger partial charge in [-0.2, -0.15) is 0 Å². The third kappa shape index (κ3) is 15.8. The van der Waals surface area contributed by atoms with Crippen LogP contribution in [0.2, 0.25) is 0 Å². The lowest BCUT2D eigenvalue weighted by Gasteiger charge is -2.40. The Morgan fingerprint density at radius 3 is 1.95 bits per heavy atom. The molecule has 218 valence electrons. The predicted octanol–water partition coefficient (Wildman–Crippen LogP) is 8.78. The van der Waals surface area contributed by atoms with E-state index < -0.39 is 5.97 Å². The van der Waals surface area contributed by atoms with Gasteiger partial charge in [0.05, 0.1) is 5.92 Å². The van der Waals surface area contributed by atoms with Gasteiger partial charge in [0.25, 0.3) is 0 Å². The zero-order valence-corrected chi connectivity index (χ0v) is 25.0. The summed E-state index contributed by atoms with van der Waals surface area (Å²) in [5, 5.41) is 9.63. The molecule has 0 aromatic carbocycles. The fraction of sp³-hybridized carbons (Fsp3) is 0.938. The summed E-state index contributed by atoms with van der Waals surface area (Å²) in [6.45, 7) is 7.47. The molecule has 1 rings (SSSR count). The van der Waals surface area contributed by atoms with Gasteiger partial charge >= 0.3 is 11.9 Å². The molecule has 5 nitrogen and oxygen atoms in total. The number of ether oxygens (including phenoxy) is 1. The standard InChI is InChI=1S/C32H61NO4/c1-5-8-10-11-12-13-17-20-27(30-26-28(32(35)36)24-25-33(30)4)21-18-14-15-19-23-31(34)37-29(7-3)22-16-9-6-2/h27-30H,5-26H2,1-4H3,(H,35,36). The third-order valence-corrected chi connectivity index (χ3v) is 8.58. The zero-order valence-electron chi connectivity index (χ0n) is 25.0. The largest absolute Gasteiger partial charge is 0.481 e. The summed E-state index contributed by atoms with van der Waals surface area (Å²) in [4.78, 5) is 26.4. The van der Waals surface area contributed by atoms with Crippen LogP contribution in [0, 0.1) is 11.8 Å². The summed E-state index contributed by atoms with van der Waals surface area (Å²) in [6.07, 6.45) is 23.6. The Balaban J connectivity index is 2.40. The highest BCUT2D eigenvalue weighted by Gasteiger charge is 2.34. The van der Waals surface area contributed by atoms with Crippen molar-refractivity contribution in [3.8, 4) is 0 Å². The molecule has 1 heterocycles. The van der Waals surface area contributed by atoms with E-state index in [9.17, 15) is 14.7 Å². The van der Waals surface area contributed by atoms with Gasteiger partial charge in [0.2, 0.25) is 0 Å². The van der Waals surface area contributed by atoms with E-state index in [1.54, 1.807) is 0 Å². The summed E-state index contributed by atoms with van der Waals surface area (Å²) >= 11 is 0. The molecule has 1 saturated heterocycles. The molecule has 0 aromatic rings. The highest BCUT2D eigenvalue weighted by molar-refractivity contribution is 5.70. The fourth-order valence-corrected chi connectivity index (χ4v) is 6.03. The minimum Gasteiger partial charge on any atom is -0.481 e. The number of aliphatic carboxylic acids is 1. The maximum Gasteiger partial charge on any atom is 0.306 e. The molecule has 0 aromatic heterocycles. The third-order valence-electron chi connectivity index (χ3n) is 8.58. The highest BCUT2D eigenvalue weighted by atomic mass is 16.5. The van der Waals surface area contributed by atoms with Gasteiger partial charge in [-0.1, -0.05) is 97.8 Å². The molecular formula is C32H61NO4. The molecular weight excluding hydrogens is 462 g/mol. The molecule has 37 heavy (non-hydrogen) atoms. The van der Waals surface area contributed by atoms with Gasteiger partial charge in [-0.3, -0.25) is 9.59 Å². The number of carboxylic acids is 1. The maximum atomic E-state index is 12.3. The summed E-state index contributed by atoms with van der Waals surface area (Å²) < 4.78 is 5.70. The average molecular weight is 524 g/mol. The van der Waals surface area contributed by atoms with E-state index in [4.69, 9.17) is 4.74 Å². The second kappa shape index (κ2) is 21.8. The van der Waals surface area contributed by atoms with Gasteiger partial charge in [-0.25, -0.2) is 0 Å². The van der Waals surface area contributed by atoms with Gasteiger partial charge in [0, 0.05) is 12.5 Å². The quantitative estimate of drug-likeness (QED) is 0.107. The molecule has 4 atom stereocenters. The molecule has 0 bridgehead atoms. The number of carbonyl (C=O) groups is 2. The fourth-order valence-electron chi connectivity index (χ4n) is 6.03. The number of rotatable bonds is 23. The summed E-state index contributed by atoms with van der Waals surface area (Å²) in [6, 6.07) is 0.392. The van der Waals surface area contributed by atoms with Crippen molar-refractivity contribution in [3.05, 3.63) is 0 Å². The molecule has 0 radical (unpaired) electrons. The Labute approximate surface area is 229 Å². The molecule has 0 saturated carbocycles. The van der Waals surface area contributed by atoms with Crippen molar-refractivity contribution in [1.29, 1.82) is 0 Å². The van der Waals surface area contributed by atoms with E-state index in [0.717, 1.165) is 57.9 Å². The first-order chi connectivity index (χ1) is 17.9. The Bertz CT molecular complexity index is 581. The first-order valence-corrected chi connectivity index (χ1v) is 16.0. The van der Waals surface area contributed by atoms with E-state index in [1.165, 1.54) is 77.0 Å². The first-order valence-electron chi connectivity index (χ1n) is 16.0. The number of hydrogen-bond acceptors (Lipinski definition) is 4. The lowest BCUT2D eigenvalue weighted by atomic mass is 9.79.